The zero-order valence-corrected chi connectivity index (χ0v) is 16.4. The van der Waals surface area contributed by atoms with Crippen molar-refractivity contribution in [3.8, 4) is 17.2 Å². The molecule has 0 bridgehead atoms. The molecule has 1 N–H and O–H groups in total. The van der Waals surface area contributed by atoms with Gasteiger partial charge in [-0.15, -0.1) is 0 Å². The number of para-hydroxylation sites is 1. The summed E-state index contributed by atoms with van der Waals surface area (Å²) in [7, 11) is 1.59. The number of aldehydes is 1. The number of aliphatic hydroxyl groups excluding tert-OH is 1. The average Bonchev–Trinajstić information content (AvgIpc) is 3.40. The first-order chi connectivity index (χ1) is 14.2. The van der Waals surface area contributed by atoms with E-state index in [0.717, 1.165) is 35.2 Å². The standard InChI is InChI=1S/C24H23NO4/c1-28-21-10-16(14-27)11-22-23(21)18(8-9-26)24(29-22)20-12-17-4-2-3-5-19(17)25(20)13-15-6-7-15/h2-5,10-12,14-15,26H,6-9,13H2,1H3. The SMILES string of the molecule is COc1cc(C=O)cc2oc(-c3cc4ccccc4n3CC3CC3)c(CCO)c12. The van der Waals surface area contributed by atoms with E-state index in [9.17, 15) is 9.90 Å². The molecule has 1 aliphatic rings. The molecule has 29 heavy (non-hydrogen) atoms. The highest BCUT2D eigenvalue weighted by molar-refractivity contribution is 5.97. The summed E-state index contributed by atoms with van der Waals surface area (Å²) in [6.07, 6.45) is 3.75. The highest BCUT2D eigenvalue weighted by Gasteiger charge is 2.27. The Morgan fingerprint density at radius 2 is 2.07 bits per heavy atom. The van der Waals surface area contributed by atoms with Crippen LogP contribution in [0.25, 0.3) is 33.3 Å². The number of rotatable bonds is 7. The summed E-state index contributed by atoms with van der Waals surface area (Å²) in [5.41, 5.74) is 4.21. The summed E-state index contributed by atoms with van der Waals surface area (Å²) in [6, 6.07) is 14.0. The predicted molar refractivity (Wildman–Crippen MR) is 113 cm³/mol. The van der Waals surface area contributed by atoms with Crippen molar-refractivity contribution in [1.82, 2.24) is 4.57 Å². The van der Waals surface area contributed by atoms with Crippen molar-refractivity contribution in [2.45, 2.75) is 25.8 Å². The van der Waals surface area contributed by atoms with Crippen LogP contribution in [-0.2, 0) is 13.0 Å². The molecule has 1 fully saturated rings. The van der Waals surface area contributed by atoms with Gasteiger partial charge >= 0.3 is 0 Å². The Hall–Kier alpha value is -3.05. The molecule has 5 heteroatoms. The van der Waals surface area contributed by atoms with Crippen molar-refractivity contribution in [2.75, 3.05) is 13.7 Å². The molecule has 0 saturated heterocycles. The Balaban J connectivity index is 1.80. The first-order valence-electron chi connectivity index (χ1n) is 10.0. The average molecular weight is 389 g/mol. The van der Waals surface area contributed by atoms with Gasteiger partial charge in [0, 0.05) is 41.6 Å². The van der Waals surface area contributed by atoms with Gasteiger partial charge in [-0.05, 0) is 43.0 Å². The lowest BCUT2D eigenvalue weighted by Gasteiger charge is -2.10. The zero-order chi connectivity index (χ0) is 20.0. The summed E-state index contributed by atoms with van der Waals surface area (Å²) in [5, 5.41) is 11.7. The number of fused-ring (bicyclic) bond motifs is 2. The predicted octanol–water partition coefficient (Wildman–Crippen LogP) is 4.82. The second kappa shape index (κ2) is 7.08. The van der Waals surface area contributed by atoms with Gasteiger partial charge in [0.15, 0.2) is 5.76 Å². The quantitative estimate of drug-likeness (QED) is 0.460. The minimum absolute atomic E-state index is 0.00305. The van der Waals surface area contributed by atoms with Gasteiger partial charge in [-0.2, -0.15) is 0 Å². The highest BCUT2D eigenvalue weighted by Crippen LogP contribution is 2.42. The molecule has 1 aliphatic carbocycles. The maximum Gasteiger partial charge on any atom is 0.155 e. The van der Waals surface area contributed by atoms with Gasteiger partial charge in [-0.1, -0.05) is 18.2 Å². The van der Waals surface area contributed by atoms with E-state index >= 15 is 0 Å². The minimum atomic E-state index is 0.00305. The van der Waals surface area contributed by atoms with Crippen LogP contribution in [0.4, 0.5) is 0 Å². The molecule has 4 aromatic rings. The maximum absolute atomic E-state index is 11.4. The molecule has 148 valence electrons. The molecule has 0 aliphatic heterocycles. The largest absolute Gasteiger partial charge is 0.496 e. The summed E-state index contributed by atoms with van der Waals surface area (Å²) in [6.45, 7) is 0.957. The Labute approximate surface area is 168 Å². The number of carbonyl (C=O) groups is 1. The van der Waals surface area contributed by atoms with Crippen LogP contribution in [-0.4, -0.2) is 29.7 Å². The number of aliphatic hydroxyl groups is 1. The van der Waals surface area contributed by atoms with E-state index in [2.05, 4.69) is 28.8 Å². The van der Waals surface area contributed by atoms with Crippen molar-refractivity contribution in [1.29, 1.82) is 0 Å². The molecule has 0 amide bonds. The van der Waals surface area contributed by atoms with Crippen LogP contribution in [0.2, 0.25) is 0 Å². The van der Waals surface area contributed by atoms with Crippen molar-refractivity contribution >= 4 is 28.2 Å². The Morgan fingerprint density at radius 3 is 2.79 bits per heavy atom. The molecule has 0 unspecified atom stereocenters. The molecule has 2 heterocycles. The number of aromatic nitrogens is 1. The second-order valence-corrected chi connectivity index (χ2v) is 7.74. The van der Waals surface area contributed by atoms with Gasteiger partial charge in [-0.3, -0.25) is 4.79 Å². The third-order valence-corrected chi connectivity index (χ3v) is 5.77. The van der Waals surface area contributed by atoms with Gasteiger partial charge < -0.3 is 18.8 Å². The fraction of sp³-hybridized carbons (Fsp3) is 0.292. The number of nitrogens with zero attached hydrogens (tertiary/aromatic N) is 1. The lowest BCUT2D eigenvalue weighted by Crippen LogP contribution is -2.03. The Morgan fingerprint density at radius 1 is 1.24 bits per heavy atom. The lowest BCUT2D eigenvalue weighted by molar-refractivity contribution is 0.112. The molecular weight excluding hydrogens is 366 g/mol. The third kappa shape index (κ3) is 3.02. The van der Waals surface area contributed by atoms with Crippen molar-refractivity contribution < 1.29 is 19.1 Å². The van der Waals surface area contributed by atoms with E-state index in [1.54, 1.807) is 19.2 Å². The smallest absolute Gasteiger partial charge is 0.155 e. The van der Waals surface area contributed by atoms with Crippen molar-refractivity contribution in [3.63, 3.8) is 0 Å². The van der Waals surface area contributed by atoms with Crippen LogP contribution in [0.3, 0.4) is 0 Å². The number of carbonyl (C=O) groups excluding carboxylic acids is 1. The number of methoxy groups -OCH3 is 1. The van der Waals surface area contributed by atoms with Gasteiger partial charge in [0.1, 0.15) is 17.6 Å². The third-order valence-electron chi connectivity index (χ3n) is 5.77. The minimum Gasteiger partial charge on any atom is -0.496 e. The molecule has 2 aromatic carbocycles. The fourth-order valence-electron chi connectivity index (χ4n) is 4.21. The van der Waals surface area contributed by atoms with Crippen LogP contribution in [0, 0.1) is 5.92 Å². The zero-order valence-electron chi connectivity index (χ0n) is 16.4. The lowest BCUT2D eigenvalue weighted by atomic mass is 10.0. The summed E-state index contributed by atoms with van der Waals surface area (Å²) in [4.78, 5) is 11.4. The van der Waals surface area contributed by atoms with E-state index in [1.807, 2.05) is 6.07 Å². The molecule has 0 atom stereocenters. The van der Waals surface area contributed by atoms with Crippen LogP contribution in [0.5, 0.6) is 5.75 Å². The number of hydrogen-bond acceptors (Lipinski definition) is 4. The number of benzene rings is 2. The molecule has 2 aromatic heterocycles. The van der Waals surface area contributed by atoms with Crippen LogP contribution >= 0.6 is 0 Å². The normalized spacial score (nSPS) is 14.0. The first-order valence-corrected chi connectivity index (χ1v) is 10.0. The van der Waals surface area contributed by atoms with Crippen LogP contribution in [0.1, 0.15) is 28.8 Å². The van der Waals surface area contributed by atoms with E-state index in [1.165, 1.54) is 23.7 Å². The molecule has 5 rings (SSSR count). The molecule has 1 saturated carbocycles. The van der Waals surface area contributed by atoms with Gasteiger partial charge in [0.25, 0.3) is 0 Å². The Kier molecular flexibility index (Phi) is 4.40. The maximum atomic E-state index is 11.4. The second-order valence-electron chi connectivity index (χ2n) is 7.74. The molecule has 0 radical (unpaired) electrons. The summed E-state index contributed by atoms with van der Waals surface area (Å²) < 4.78 is 14.2. The highest BCUT2D eigenvalue weighted by atomic mass is 16.5. The van der Waals surface area contributed by atoms with E-state index in [0.29, 0.717) is 29.2 Å². The number of ether oxygens (including phenoxy) is 1. The number of hydrogen-bond donors (Lipinski definition) is 1. The van der Waals surface area contributed by atoms with Crippen molar-refractivity contribution in [2.24, 2.45) is 5.92 Å². The first kappa shape index (κ1) is 18.0. The summed E-state index contributed by atoms with van der Waals surface area (Å²) in [5.74, 6) is 2.03. The molecular formula is C24H23NO4. The fourth-order valence-corrected chi connectivity index (χ4v) is 4.21. The van der Waals surface area contributed by atoms with E-state index in [-0.39, 0.29) is 6.61 Å². The topological polar surface area (TPSA) is 64.6 Å². The summed E-state index contributed by atoms with van der Waals surface area (Å²) >= 11 is 0. The molecule has 0 spiro atoms. The Bertz CT molecular complexity index is 1210. The van der Waals surface area contributed by atoms with Gasteiger partial charge in [0.05, 0.1) is 18.2 Å². The molecule has 5 nitrogen and oxygen atoms in total. The van der Waals surface area contributed by atoms with Gasteiger partial charge in [0.2, 0.25) is 0 Å². The van der Waals surface area contributed by atoms with E-state index in [4.69, 9.17) is 9.15 Å². The van der Waals surface area contributed by atoms with Gasteiger partial charge in [-0.25, -0.2) is 0 Å². The monoisotopic (exact) mass is 389 g/mol. The van der Waals surface area contributed by atoms with E-state index < -0.39 is 0 Å². The van der Waals surface area contributed by atoms with Crippen LogP contribution in [0.15, 0.2) is 46.9 Å². The van der Waals surface area contributed by atoms with Crippen LogP contribution < -0.4 is 4.74 Å². The number of furan rings is 1. The van der Waals surface area contributed by atoms with Crippen molar-refractivity contribution in [3.05, 3.63) is 53.6 Å².